The molecule has 2 aliphatic heterocycles. The standard InChI is InChI=1S/C20H21NO5/c1-21-8-7-12-9-17-19(26-11-25-17)20(24-2)18(12)14(21)10-16(23)13-5-3-4-6-15(13)22/h3-6,9,14,22H,7-8,10-11H2,1-2H3/t14-/m0/s1. The van der Waals surface area contributed by atoms with Gasteiger partial charge in [0.2, 0.25) is 12.5 Å². The summed E-state index contributed by atoms with van der Waals surface area (Å²) in [5.74, 6) is 1.83. The molecule has 6 heteroatoms. The zero-order valence-corrected chi connectivity index (χ0v) is 14.8. The van der Waals surface area contributed by atoms with E-state index in [0.29, 0.717) is 22.8 Å². The fraction of sp³-hybridized carbons (Fsp3) is 0.350. The smallest absolute Gasteiger partial charge is 0.231 e. The Morgan fingerprint density at radius 1 is 1.35 bits per heavy atom. The van der Waals surface area contributed by atoms with Gasteiger partial charge in [0.15, 0.2) is 17.3 Å². The van der Waals surface area contributed by atoms with E-state index in [1.165, 1.54) is 6.07 Å². The maximum absolute atomic E-state index is 12.8. The molecule has 0 spiro atoms. The minimum Gasteiger partial charge on any atom is -0.507 e. The van der Waals surface area contributed by atoms with Crippen molar-refractivity contribution in [2.24, 2.45) is 0 Å². The first kappa shape index (κ1) is 16.7. The molecule has 1 N–H and O–H groups in total. The number of hydrogen-bond donors (Lipinski definition) is 1. The van der Waals surface area contributed by atoms with Crippen LogP contribution in [0.25, 0.3) is 0 Å². The molecule has 0 saturated heterocycles. The first-order valence-electron chi connectivity index (χ1n) is 8.61. The lowest BCUT2D eigenvalue weighted by atomic mass is 9.87. The van der Waals surface area contributed by atoms with E-state index in [1.807, 2.05) is 13.1 Å². The molecule has 0 fully saturated rings. The number of likely N-dealkylation sites (N-methyl/N-ethyl adjacent to an activating group) is 1. The summed E-state index contributed by atoms with van der Waals surface area (Å²) in [6.07, 6.45) is 1.09. The van der Waals surface area contributed by atoms with Crippen LogP contribution in [0.1, 0.15) is 33.9 Å². The second-order valence-electron chi connectivity index (χ2n) is 6.61. The molecule has 2 aromatic rings. The largest absolute Gasteiger partial charge is 0.507 e. The van der Waals surface area contributed by atoms with Gasteiger partial charge >= 0.3 is 0 Å². The lowest BCUT2D eigenvalue weighted by molar-refractivity contribution is 0.0923. The second-order valence-corrected chi connectivity index (χ2v) is 6.61. The van der Waals surface area contributed by atoms with Crippen molar-refractivity contribution in [3.63, 3.8) is 0 Å². The molecule has 0 radical (unpaired) electrons. The Kier molecular flexibility index (Phi) is 4.20. The number of carbonyl (C=O) groups is 1. The summed E-state index contributed by atoms with van der Waals surface area (Å²) in [4.78, 5) is 15.0. The van der Waals surface area contributed by atoms with Crippen molar-refractivity contribution in [3.8, 4) is 23.0 Å². The van der Waals surface area contributed by atoms with Crippen molar-refractivity contribution >= 4 is 5.78 Å². The maximum atomic E-state index is 12.8. The van der Waals surface area contributed by atoms with Gasteiger partial charge in [-0.2, -0.15) is 0 Å². The third-order valence-corrected chi connectivity index (χ3v) is 5.13. The van der Waals surface area contributed by atoms with Gasteiger partial charge in [-0.25, -0.2) is 0 Å². The Morgan fingerprint density at radius 2 is 2.15 bits per heavy atom. The van der Waals surface area contributed by atoms with Gasteiger partial charge < -0.3 is 19.3 Å². The molecule has 2 aromatic carbocycles. The number of aromatic hydroxyl groups is 1. The Bertz CT molecular complexity index is 864. The molecule has 4 rings (SSSR count). The normalized spacial score (nSPS) is 18.5. The molecule has 0 aliphatic carbocycles. The fourth-order valence-electron chi connectivity index (χ4n) is 3.78. The van der Waals surface area contributed by atoms with Crippen LogP contribution in [-0.4, -0.2) is 43.3 Å². The van der Waals surface area contributed by atoms with E-state index < -0.39 is 0 Å². The van der Waals surface area contributed by atoms with Gasteiger partial charge in [-0.1, -0.05) is 12.1 Å². The van der Waals surface area contributed by atoms with Crippen LogP contribution in [-0.2, 0) is 6.42 Å². The summed E-state index contributed by atoms with van der Waals surface area (Å²) < 4.78 is 16.8. The number of phenols is 1. The third kappa shape index (κ3) is 2.66. The monoisotopic (exact) mass is 355 g/mol. The van der Waals surface area contributed by atoms with Crippen LogP contribution in [0.5, 0.6) is 23.0 Å². The van der Waals surface area contributed by atoms with Crippen molar-refractivity contribution in [3.05, 3.63) is 47.0 Å². The quantitative estimate of drug-likeness (QED) is 0.851. The predicted molar refractivity (Wildman–Crippen MR) is 95.2 cm³/mol. The molecule has 26 heavy (non-hydrogen) atoms. The molecule has 0 amide bonds. The predicted octanol–water partition coefficient (Wildman–Crippen LogP) is 2.93. The molecular weight excluding hydrogens is 334 g/mol. The first-order valence-corrected chi connectivity index (χ1v) is 8.61. The molecule has 136 valence electrons. The van der Waals surface area contributed by atoms with E-state index in [4.69, 9.17) is 14.2 Å². The highest BCUT2D eigenvalue weighted by atomic mass is 16.7. The SMILES string of the molecule is COc1c2c(cc3c1[C@H](CC(=O)c1ccccc1O)N(C)CC3)OCO2. The van der Waals surface area contributed by atoms with Crippen molar-refractivity contribution in [2.75, 3.05) is 27.5 Å². The molecule has 0 aromatic heterocycles. The van der Waals surface area contributed by atoms with Gasteiger partial charge in [-0.3, -0.25) is 9.69 Å². The Morgan fingerprint density at radius 3 is 2.92 bits per heavy atom. The summed E-state index contributed by atoms with van der Waals surface area (Å²) in [5, 5.41) is 10.0. The number of ether oxygens (including phenoxy) is 3. The number of nitrogens with zero attached hydrogens (tertiary/aromatic N) is 1. The van der Waals surface area contributed by atoms with E-state index in [9.17, 15) is 9.90 Å². The Labute approximate surface area is 151 Å². The summed E-state index contributed by atoms with van der Waals surface area (Å²) in [5.41, 5.74) is 2.42. The van der Waals surface area contributed by atoms with E-state index >= 15 is 0 Å². The van der Waals surface area contributed by atoms with Gasteiger partial charge in [-0.05, 0) is 37.2 Å². The number of methoxy groups -OCH3 is 1. The zero-order valence-electron chi connectivity index (χ0n) is 14.8. The highest BCUT2D eigenvalue weighted by Crippen LogP contribution is 2.50. The fourth-order valence-corrected chi connectivity index (χ4v) is 3.78. The summed E-state index contributed by atoms with van der Waals surface area (Å²) in [6.45, 7) is 1.00. The molecule has 1 atom stereocenters. The van der Waals surface area contributed by atoms with Crippen LogP contribution in [0.4, 0.5) is 0 Å². The van der Waals surface area contributed by atoms with Crippen LogP contribution < -0.4 is 14.2 Å². The number of ketones is 1. The van der Waals surface area contributed by atoms with Crippen molar-refractivity contribution in [1.29, 1.82) is 0 Å². The van der Waals surface area contributed by atoms with Crippen LogP contribution in [0, 0.1) is 0 Å². The average molecular weight is 355 g/mol. The summed E-state index contributed by atoms with van der Waals surface area (Å²) in [7, 11) is 3.60. The van der Waals surface area contributed by atoms with Crippen LogP contribution >= 0.6 is 0 Å². The maximum Gasteiger partial charge on any atom is 0.231 e. The lowest BCUT2D eigenvalue weighted by Crippen LogP contribution is -2.34. The topological polar surface area (TPSA) is 68.2 Å². The van der Waals surface area contributed by atoms with E-state index in [0.717, 1.165) is 24.1 Å². The number of carbonyl (C=O) groups excluding carboxylic acids is 1. The van der Waals surface area contributed by atoms with Crippen LogP contribution in [0.3, 0.4) is 0 Å². The minimum absolute atomic E-state index is 0.00818. The Balaban J connectivity index is 1.74. The van der Waals surface area contributed by atoms with Crippen molar-refractivity contribution < 1.29 is 24.1 Å². The zero-order chi connectivity index (χ0) is 18.3. The molecule has 6 nitrogen and oxygen atoms in total. The highest BCUT2D eigenvalue weighted by molar-refractivity contribution is 5.99. The Hall–Kier alpha value is -2.73. The number of fused-ring (bicyclic) bond motifs is 2. The number of phenolic OH excluding ortho intramolecular Hbond substituents is 1. The lowest BCUT2D eigenvalue weighted by Gasteiger charge is -2.35. The number of hydrogen-bond acceptors (Lipinski definition) is 6. The first-order chi connectivity index (χ1) is 12.6. The number of rotatable bonds is 4. The van der Waals surface area contributed by atoms with Crippen LogP contribution in [0.2, 0.25) is 0 Å². The minimum atomic E-state index is -0.157. The number of Topliss-reactive ketones (excluding diaryl/α,β-unsaturated/α-hetero) is 1. The molecule has 0 bridgehead atoms. The number of benzene rings is 2. The summed E-state index contributed by atoms with van der Waals surface area (Å²) >= 11 is 0. The third-order valence-electron chi connectivity index (χ3n) is 5.13. The molecular formula is C20H21NO5. The van der Waals surface area contributed by atoms with Crippen molar-refractivity contribution in [2.45, 2.75) is 18.9 Å². The van der Waals surface area contributed by atoms with Crippen molar-refractivity contribution in [1.82, 2.24) is 4.90 Å². The van der Waals surface area contributed by atoms with Gasteiger partial charge in [0.05, 0.1) is 12.7 Å². The molecule has 0 unspecified atom stereocenters. The average Bonchev–Trinajstić information content (AvgIpc) is 3.10. The van der Waals surface area contributed by atoms with E-state index in [1.54, 1.807) is 25.3 Å². The van der Waals surface area contributed by atoms with Gasteiger partial charge in [-0.15, -0.1) is 0 Å². The van der Waals surface area contributed by atoms with Gasteiger partial charge in [0.1, 0.15) is 5.75 Å². The number of para-hydroxylation sites is 1. The molecule has 2 aliphatic rings. The van der Waals surface area contributed by atoms with E-state index in [2.05, 4.69) is 4.90 Å². The second kappa shape index (κ2) is 6.53. The van der Waals surface area contributed by atoms with Gasteiger partial charge in [0, 0.05) is 24.6 Å². The molecule has 2 heterocycles. The molecule has 0 saturated carbocycles. The highest BCUT2D eigenvalue weighted by Gasteiger charge is 2.35. The van der Waals surface area contributed by atoms with Crippen LogP contribution in [0.15, 0.2) is 30.3 Å². The van der Waals surface area contributed by atoms with E-state index in [-0.39, 0.29) is 30.8 Å². The van der Waals surface area contributed by atoms with Gasteiger partial charge in [0.25, 0.3) is 0 Å². The summed E-state index contributed by atoms with van der Waals surface area (Å²) in [6, 6.07) is 8.48.